The second-order valence-electron chi connectivity index (χ2n) is 6.57. The van der Waals surface area contributed by atoms with Gasteiger partial charge in [0.15, 0.2) is 6.61 Å². The van der Waals surface area contributed by atoms with Crippen LogP contribution in [0.5, 0.6) is 5.75 Å². The van der Waals surface area contributed by atoms with E-state index in [4.69, 9.17) is 9.29 Å². The predicted octanol–water partition coefficient (Wildman–Crippen LogP) is 3.12. The first-order chi connectivity index (χ1) is 15.1. The lowest BCUT2D eigenvalue weighted by atomic mass is 10.1. The minimum atomic E-state index is -5.89. The Kier molecular flexibility index (Phi) is 7.91. The maximum atomic E-state index is 13.3. The molecule has 0 aliphatic rings. The molecular weight excluding hydrogens is 585 g/mol. The summed E-state index contributed by atoms with van der Waals surface area (Å²) < 4.78 is 66.2. The van der Waals surface area contributed by atoms with Gasteiger partial charge in [-0.1, -0.05) is 0 Å². The molecule has 0 aliphatic carbocycles. The van der Waals surface area contributed by atoms with E-state index in [0.717, 1.165) is 21.4 Å². The highest BCUT2D eigenvalue weighted by atomic mass is 127. The first-order valence-corrected chi connectivity index (χ1v) is 11.2. The van der Waals surface area contributed by atoms with Gasteiger partial charge in [0.25, 0.3) is 5.69 Å². The normalized spacial score (nSPS) is 11.6. The average molecular weight is 600 g/mol. The number of hydrogen-bond acceptors (Lipinski definition) is 9. The molecule has 33 heavy (non-hydrogen) atoms. The predicted molar refractivity (Wildman–Crippen MR) is 118 cm³/mol. The minimum Gasteiger partial charge on any atom is -0.454 e. The smallest absolute Gasteiger partial charge is 0.402 e. The number of anilines is 1. The molecule has 178 valence electrons. The number of hydrogen-bond donors (Lipinski definition) is 1. The summed E-state index contributed by atoms with van der Waals surface area (Å²) in [4.78, 5) is 36.5. The minimum absolute atomic E-state index is 0.125. The summed E-state index contributed by atoms with van der Waals surface area (Å²) in [5.41, 5.74) is -0.802. The monoisotopic (exact) mass is 600 g/mol. The molecule has 0 unspecified atom stereocenters. The molecule has 0 radical (unpaired) electrons. The van der Waals surface area contributed by atoms with E-state index in [9.17, 15) is 36.9 Å². The van der Waals surface area contributed by atoms with Crippen molar-refractivity contribution in [2.75, 3.05) is 25.6 Å². The maximum Gasteiger partial charge on any atom is 0.402 e. The van der Waals surface area contributed by atoms with Gasteiger partial charge in [-0.05, 0) is 46.9 Å². The second kappa shape index (κ2) is 9.92. The third-order valence-electron chi connectivity index (χ3n) is 4.01. The van der Waals surface area contributed by atoms with Gasteiger partial charge < -0.3 is 14.4 Å². The summed E-state index contributed by atoms with van der Waals surface area (Å²) in [6.07, 6.45) is 0. The zero-order valence-corrected chi connectivity index (χ0v) is 19.8. The van der Waals surface area contributed by atoms with E-state index in [-0.39, 0.29) is 11.3 Å². The van der Waals surface area contributed by atoms with Crippen LogP contribution in [-0.4, -0.2) is 55.8 Å². The molecule has 2 aromatic rings. The quantitative estimate of drug-likeness (QED) is 0.119. The number of ether oxygens (including phenoxy) is 2. The van der Waals surface area contributed by atoms with Crippen molar-refractivity contribution < 1.29 is 45.7 Å². The van der Waals surface area contributed by atoms with Gasteiger partial charge in [-0.3, -0.25) is 14.7 Å². The van der Waals surface area contributed by atoms with Crippen molar-refractivity contribution in [1.82, 2.24) is 0 Å². The van der Waals surface area contributed by atoms with Crippen molar-refractivity contribution in [3.05, 3.63) is 61.2 Å². The fourth-order valence-electron chi connectivity index (χ4n) is 2.37. The molecule has 0 fully saturated rings. The Morgan fingerprint density at radius 1 is 1.18 bits per heavy atom. The summed E-state index contributed by atoms with van der Waals surface area (Å²) >= 11 is 2.00. The standard InChI is InChI=1S/C18H15F2IN2O9S/c1-22(2)15-5-3-10(7-13(15)21)16(24)32-11-4-6-14(23(26)27)12(8-11)17(25)31-9-18(19,20)33(28,29)30/h3-8H,9H2,1-2H3,(H,28,29,30). The van der Waals surface area contributed by atoms with Crippen LogP contribution < -0.4 is 9.64 Å². The van der Waals surface area contributed by atoms with E-state index in [1.54, 1.807) is 20.2 Å². The Morgan fingerprint density at radius 2 is 1.82 bits per heavy atom. The lowest BCUT2D eigenvalue weighted by Crippen LogP contribution is -2.34. The number of carbonyl (C=O) groups excluding carboxylic acids is 2. The number of alkyl halides is 2. The molecule has 2 aromatic carbocycles. The van der Waals surface area contributed by atoms with Gasteiger partial charge in [0, 0.05) is 35.5 Å². The van der Waals surface area contributed by atoms with Gasteiger partial charge >= 0.3 is 27.3 Å². The van der Waals surface area contributed by atoms with E-state index in [2.05, 4.69) is 4.74 Å². The molecule has 0 bridgehead atoms. The third-order valence-corrected chi connectivity index (χ3v) is 5.75. The van der Waals surface area contributed by atoms with Crippen LogP contribution in [0.3, 0.4) is 0 Å². The number of nitrogens with zero attached hydrogens (tertiary/aromatic N) is 2. The number of rotatable bonds is 8. The maximum absolute atomic E-state index is 13.3. The number of nitro benzene ring substituents is 1. The number of carbonyl (C=O) groups is 2. The lowest BCUT2D eigenvalue weighted by molar-refractivity contribution is -0.385. The highest BCUT2D eigenvalue weighted by molar-refractivity contribution is 14.1. The van der Waals surface area contributed by atoms with Gasteiger partial charge in [0.1, 0.15) is 11.3 Å². The fraction of sp³-hybridized carbons (Fsp3) is 0.222. The zero-order chi connectivity index (χ0) is 25.1. The Morgan fingerprint density at radius 3 is 2.33 bits per heavy atom. The molecule has 15 heteroatoms. The van der Waals surface area contributed by atoms with Crippen molar-refractivity contribution in [3.8, 4) is 5.75 Å². The molecule has 2 rings (SSSR count). The summed E-state index contributed by atoms with van der Waals surface area (Å²) in [5.74, 6) is -2.91. The molecule has 0 aliphatic heterocycles. The van der Waals surface area contributed by atoms with Crippen molar-refractivity contribution in [2.24, 2.45) is 0 Å². The summed E-state index contributed by atoms with van der Waals surface area (Å²) in [5, 5.41) is 6.33. The molecule has 0 saturated carbocycles. The molecule has 0 amide bonds. The molecular formula is C18H15F2IN2O9S. The molecule has 0 spiro atoms. The van der Waals surface area contributed by atoms with E-state index >= 15 is 0 Å². The number of esters is 2. The molecule has 0 atom stereocenters. The topological polar surface area (TPSA) is 153 Å². The van der Waals surface area contributed by atoms with Crippen LogP contribution in [-0.2, 0) is 14.9 Å². The van der Waals surface area contributed by atoms with E-state index in [0.29, 0.717) is 6.07 Å². The second-order valence-corrected chi connectivity index (χ2v) is 9.28. The van der Waals surface area contributed by atoms with Crippen molar-refractivity contribution >= 4 is 56.0 Å². The highest BCUT2D eigenvalue weighted by Gasteiger charge is 2.46. The molecule has 0 saturated heterocycles. The summed E-state index contributed by atoms with van der Waals surface area (Å²) in [6, 6.07) is 7.14. The number of nitro groups is 1. The zero-order valence-electron chi connectivity index (χ0n) is 16.8. The van der Waals surface area contributed by atoms with Crippen LogP contribution >= 0.6 is 22.6 Å². The van der Waals surface area contributed by atoms with E-state index < -0.39 is 50.1 Å². The SMILES string of the molecule is CN(C)c1ccc(C(=O)Oc2ccc([N+](=O)[O-])c(C(=O)OCC(F)(F)S(=O)(=O)O)c2)cc1I. The first-order valence-electron chi connectivity index (χ1n) is 8.63. The summed E-state index contributed by atoms with van der Waals surface area (Å²) in [7, 11) is -2.28. The molecule has 0 aromatic heterocycles. The Bertz CT molecular complexity index is 1220. The van der Waals surface area contributed by atoms with Crippen LogP contribution in [0.25, 0.3) is 0 Å². The van der Waals surface area contributed by atoms with Crippen molar-refractivity contribution in [2.45, 2.75) is 5.25 Å². The fourth-order valence-corrected chi connectivity index (χ4v) is 3.57. The van der Waals surface area contributed by atoms with Crippen molar-refractivity contribution in [1.29, 1.82) is 0 Å². The van der Waals surface area contributed by atoms with Gasteiger partial charge in [-0.15, -0.1) is 0 Å². The van der Waals surface area contributed by atoms with Crippen LogP contribution in [0.1, 0.15) is 20.7 Å². The third kappa shape index (κ3) is 6.32. The van der Waals surface area contributed by atoms with Crippen LogP contribution in [0.2, 0.25) is 0 Å². The van der Waals surface area contributed by atoms with Crippen LogP contribution in [0.15, 0.2) is 36.4 Å². The molecule has 0 heterocycles. The lowest BCUT2D eigenvalue weighted by Gasteiger charge is -2.15. The van der Waals surface area contributed by atoms with Crippen LogP contribution in [0, 0.1) is 13.7 Å². The highest BCUT2D eigenvalue weighted by Crippen LogP contribution is 2.28. The van der Waals surface area contributed by atoms with E-state index in [1.807, 2.05) is 27.5 Å². The number of benzene rings is 2. The molecule has 1 N–H and O–H groups in total. The van der Waals surface area contributed by atoms with Gasteiger partial charge in [-0.2, -0.15) is 17.2 Å². The number of halogens is 3. The van der Waals surface area contributed by atoms with Gasteiger partial charge in [0.05, 0.1) is 10.5 Å². The Balaban J connectivity index is 2.29. The first kappa shape index (κ1) is 26.3. The van der Waals surface area contributed by atoms with Gasteiger partial charge in [0.2, 0.25) is 0 Å². The molecule has 11 nitrogen and oxygen atoms in total. The Labute approximate surface area is 199 Å². The van der Waals surface area contributed by atoms with E-state index in [1.165, 1.54) is 12.1 Å². The van der Waals surface area contributed by atoms with Gasteiger partial charge in [-0.25, -0.2) is 9.59 Å². The average Bonchev–Trinajstić information content (AvgIpc) is 2.70. The largest absolute Gasteiger partial charge is 0.454 e. The van der Waals surface area contributed by atoms with Crippen LogP contribution in [0.4, 0.5) is 20.2 Å². The van der Waals surface area contributed by atoms with Crippen molar-refractivity contribution in [3.63, 3.8) is 0 Å². The Hall–Kier alpha value is -2.92. The summed E-state index contributed by atoms with van der Waals surface area (Å²) in [6.45, 7) is -2.09.